The molecule has 0 radical (unpaired) electrons. The third-order valence-corrected chi connectivity index (χ3v) is 5.89. The van der Waals surface area contributed by atoms with Crippen molar-refractivity contribution in [2.75, 3.05) is 4.72 Å². The molecule has 0 atom stereocenters. The molecule has 1 heterocycles. The Labute approximate surface area is 168 Å². The van der Waals surface area contributed by atoms with Crippen LogP contribution in [0.4, 0.5) is 11.4 Å². The van der Waals surface area contributed by atoms with E-state index in [-0.39, 0.29) is 10.6 Å². The Morgan fingerprint density at radius 2 is 1.83 bits per heavy atom. The van der Waals surface area contributed by atoms with Gasteiger partial charge in [0.2, 0.25) is 0 Å². The number of hydrogen-bond donors (Lipinski definition) is 1. The van der Waals surface area contributed by atoms with Crippen molar-refractivity contribution in [1.29, 1.82) is 0 Å². The molecule has 3 rings (SSSR count). The Hall–Kier alpha value is -3.52. The Morgan fingerprint density at radius 1 is 1.03 bits per heavy atom. The summed E-state index contributed by atoms with van der Waals surface area (Å²) in [6.45, 7) is 3.27. The first kappa shape index (κ1) is 20.2. The van der Waals surface area contributed by atoms with Gasteiger partial charge in [0.25, 0.3) is 15.7 Å². The molecule has 7 nitrogen and oxygen atoms in total. The monoisotopic (exact) mass is 409 g/mol. The van der Waals surface area contributed by atoms with Crippen LogP contribution in [0.25, 0.3) is 12.2 Å². The van der Waals surface area contributed by atoms with Gasteiger partial charge in [0.05, 0.1) is 15.5 Å². The molecule has 0 bridgehead atoms. The second-order valence-electron chi connectivity index (χ2n) is 6.46. The van der Waals surface area contributed by atoms with E-state index in [0.717, 1.165) is 17.3 Å². The highest BCUT2D eigenvalue weighted by Gasteiger charge is 2.22. The van der Waals surface area contributed by atoms with Crippen molar-refractivity contribution >= 4 is 33.6 Å². The van der Waals surface area contributed by atoms with E-state index < -0.39 is 14.9 Å². The van der Waals surface area contributed by atoms with Crippen LogP contribution in [0.3, 0.4) is 0 Å². The quantitative estimate of drug-likeness (QED) is 0.474. The average molecular weight is 409 g/mol. The normalized spacial score (nSPS) is 11.5. The first-order valence-corrected chi connectivity index (χ1v) is 10.2. The Balaban J connectivity index is 1.90. The molecule has 0 aliphatic carbocycles. The zero-order valence-electron chi connectivity index (χ0n) is 15.9. The third kappa shape index (κ3) is 4.85. The summed E-state index contributed by atoms with van der Waals surface area (Å²) < 4.78 is 28.3. The van der Waals surface area contributed by atoms with Gasteiger partial charge >= 0.3 is 0 Å². The highest BCUT2D eigenvalue weighted by atomic mass is 32.2. The lowest BCUT2D eigenvalue weighted by Gasteiger charge is -2.12. The molecular formula is C21H19N3O4S. The second kappa shape index (κ2) is 8.24. The fourth-order valence-corrected chi connectivity index (χ4v) is 4.15. The molecular weight excluding hydrogens is 390 g/mol. The van der Waals surface area contributed by atoms with Gasteiger partial charge in [-0.15, -0.1) is 0 Å². The number of aryl methyl sites for hydroxylation is 1. The number of nitrogens with zero attached hydrogens (tertiary/aromatic N) is 2. The molecule has 0 amide bonds. The summed E-state index contributed by atoms with van der Waals surface area (Å²) in [5.74, 6) is 0. The zero-order chi connectivity index (χ0) is 21.0. The SMILES string of the molecule is Cc1cc([N+](=O)[O-])cc(S(=O)(=O)Nc2cccc(/C=C/c3ccccn3)c2)c1C. The van der Waals surface area contributed by atoms with Gasteiger partial charge in [-0.3, -0.25) is 19.8 Å². The minimum atomic E-state index is -4.00. The van der Waals surface area contributed by atoms with E-state index in [1.807, 2.05) is 36.4 Å². The summed E-state index contributed by atoms with van der Waals surface area (Å²) in [6.07, 6.45) is 5.33. The number of rotatable bonds is 6. The molecule has 3 aromatic rings. The van der Waals surface area contributed by atoms with Crippen molar-refractivity contribution in [3.8, 4) is 0 Å². The minimum absolute atomic E-state index is 0.112. The number of pyridine rings is 1. The molecule has 0 fully saturated rings. The van der Waals surface area contributed by atoms with Gasteiger partial charge in [0.15, 0.2) is 0 Å². The number of aromatic nitrogens is 1. The predicted molar refractivity (Wildman–Crippen MR) is 113 cm³/mol. The Bertz CT molecular complexity index is 1190. The lowest BCUT2D eigenvalue weighted by Crippen LogP contribution is -2.15. The summed E-state index contributed by atoms with van der Waals surface area (Å²) in [4.78, 5) is 14.6. The van der Waals surface area contributed by atoms with Crippen LogP contribution in [-0.2, 0) is 10.0 Å². The molecule has 2 aromatic carbocycles. The summed E-state index contributed by atoms with van der Waals surface area (Å²) in [7, 11) is -4.00. The molecule has 0 spiro atoms. The first-order chi connectivity index (χ1) is 13.8. The van der Waals surface area contributed by atoms with Crippen LogP contribution in [0.2, 0.25) is 0 Å². The summed E-state index contributed by atoms with van der Waals surface area (Å²) >= 11 is 0. The molecule has 29 heavy (non-hydrogen) atoms. The largest absolute Gasteiger partial charge is 0.280 e. The summed E-state index contributed by atoms with van der Waals surface area (Å²) in [6, 6.07) is 14.8. The van der Waals surface area contributed by atoms with Crippen LogP contribution in [0.5, 0.6) is 0 Å². The molecule has 0 aliphatic rings. The summed E-state index contributed by atoms with van der Waals surface area (Å²) in [5.41, 5.74) is 2.65. The molecule has 0 saturated heterocycles. The maximum atomic E-state index is 12.9. The number of sulfonamides is 1. The number of hydrogen-bond acceptors (Lipinski definition) is 5. The number of non-ortho nitro benzene ring substituents is 1. The average Bonchev–Trinajstić information content (AvgIpc) is 2.69. The smallest absolute Gasteiger partial charge is 0.271 e. The lowest BCUT2D eigenvalue weighted by molar-refractivity contribution is -0.385. The number of nitro benzene ring substituents is 1. The van der Waals surface area contributed by atoms with Gasteiger partial charge in [-0.25, -0.2) is 8.42 Å². The minimum Gasteiger partial charge on any atom is -0.280 e. The topological polar surface area (TPSA) is 102 Å². The second-order valence-corrected chi connectivity index (χ2v) is 8.11. The number of benzene rings is 2. The number of anilines is 1. The fraction of sp³-hybridized carbons (Fsp3) is 0.0952. The van der Waals surface area contributed by atoms with Gasteiger partial charge in [0, 0.05) is 24.0 Å². The summed E-state index contributed by atoms with van der Waals surface area (Å²) in [5, 5.41) is 11.1. The highest BCUT2D eigenvalue weighted by molar-refractivity contribution is 7.92. The van der Waals surface area contributed by atoms with E-state index in [1.165, 1.54) is 6.07 Å². The number of nitro groups is 1. The van der Waals surface area contributed by atoms with Gasteiger partial charge < -0.3 is 0 Å². The van der Waals surface area contributed by atoms with Crippen LogP contribution in [0.15, 0.2) is 65.7 Å². The predicted octanol–water partition coefficient (Wildman–Crippen LogP) is 4.58. The van der Waals surface area contributed by atoms with Gasteiger partial charge in [-0.05, 0) is 60.9 Å². The fourth-order valence-electron chi connectivity index (χ4n) is 2.77. The van der Waals surface area contributed by atoms with E-state index in [2.05, 4.69) is 9.71 Å². The highest BCUT2D eigenvalue weighted by Crippen LogP contribution is 2.27. The van der Waals surface area contributed by atoms with Crippen LogP contribution in [0, 0.1) is 24.0 Å². The maximum absolute atomic E-state index is 12.9. The van der Waals surface area contributed by atoms with Crippen molar-refractivity contribution < 1.29 is 13.3 Å². The molecule has 0 saturated carbocycles. The molecule has 8 heteroatoms. The maximum Gasteiger partial charge on any atom is 0.271 e. The van der Waals surface area contributed by atoms with Crippen molar-refractivity contribution in [1.82, 2.24) is 4.98 Å². The van der Waals surface area contributed by atoms with Gasteiger partial charge in [-0.2, -0.15) is 0 Å². The van der Waals surface area contributed by atoms with E-state index in [1.54, 1.807) is 38.2 Å². The lowest BCUT2D eigenvalue weighted by atomic mass is 10.1. The van der Waals surface area contributed by atoms with Crippen LogP contribution in [0.1, 0.15) is 22.4 Å². The van der Waals surface area contributed by atoms with Crippen LogP contribution < -0.4 is 4.72 Å². The molecule has 1 aromatic heterocycles. The van der Waals surface area contributed by atoms with E-state index in [0.29, 0.717) is 16.8 Å². The molecule has 148 valence electrons. The molecule has 0 unspecified atom stereocenters. The van der Waals surface area contributed by atoms with Gasteiger partial charge in [-0.1, -0.05) is 24.3 Å². The van der Waals surface area contributed by atoms with Crippen LogP contribution in [-0.4, -0.2) is 18.3 Å². The first-order valence-electron chi connectivity index (χ1n) is 8.74. The van der Waals surface area contributed by atoms with Crippen molar-refractivity contribution in [3.63, 3.8) is 0 Å². The van der Waals surface area contributed by atoms with Crippen molar-refractivity contribution in [3.05, 3.63) is 93.3 Å². The molecule has 1 N–H and O–H groups in total. The van der Waals surface area contributed by atoms with E-state index >= 15 is 0 Å². The Kier molecular flexibility index (Phi) is 5.74. The van der Waals surface area contributed by atoms with E-state index in [4.69, 9.17) is 0 Å². The zero-order valence-corrected chi connectivity index (χ0v) is 16.7. The standard InChI is InChI=1S/C21H19N3O4S/c1-15-12-20(24(25)26)14-21(16(15)2)29(27,28)23-19-8-5-6-17(13-19)9-10-18-7-3-4-11-22-18/h3-14,23H,1-2H3/b10-9+. The third-order valence-electron chi connectivity index (χ3n) is 4.38. The molecule has 0 aliphatic heterocycles. The van der Waals surface area contributed by atoms with Crippen molar-refractivity contribution in [2.45, 2.75) is 18.7 Å². The number of nitrogens with one attached hydrogen (secondary N) is 1. The van der Waals surface area contributed by atoms with E-state index in [9.17, 15) is 18.5 Å². The Morgan fingerprint density at radius 3 is 2.52 bits per heavy atom. The van der Waals surface area contributed by atoms with Crippen LogP contribution >= 0.6 is 0 Å². The van der Waals surface area contributed by atoms with Gasteiger partial charge in [0.1, 0.15) is 0 Å². The van der Waals surface area contributed by atoms with Crippen molar-refractivity contribution in [2.24, 2.45) is 0 Å².